The van der Waals surface area contributed by atoms with Gasteiger partial charge in [0.15, 0.2) is 17.4 Å². The lowest BCUT2D eigenvalue weighted by molar-refractivity contribution is -0.219. The van der Waals surface area contributed by atoms with Crippen molar-refractivity contribution in [2.75, 3.05) is 18.5 Å². The Balaban J connectivity index is 1.58. The Morgan fingerprint density at radius 2 is 2.00 bits per heavy atom. The number of nitrogens with zero attached hydrogens (tertiary/aromatic N) is 6. The highest BCUT2D eigenvalue weighted by molar-refractivity contribution is 6.06. The van der Waals surface area contributed by atoms with E-state index in [1.54, 1.807) is 48.1 Å². The van der Waals surface area contributed by atoms with Gasteiger partial charge in [0.25, 0.3) is 5.91 Å². The van der Waals surface area contributed by atoms with Crippen molar-refractivity contribution in [3.8, 4) is 0 Å². The highest BCUT2D eigenvalue weighted by Crippen LogP contribution is 2.45. The lowest BCUT2D eigenvalue weighted by atomic mass is 9.83. The van der Waals surface area contributed by atoms with Crippen LogP contribution >= 0.6 is 0 Å². The van der Waals surface area contributed by atoms with Crippen LogP contribution in [-0.4, -0.2) is 56.8 Å². The first-order chi connectivity index (χ1) is 15.1. The van der Waals surface area contributed by atoms with E-state index in [1.807, 2.05) is 6.92 Å². The fourth-order valence-corrected chi connectivity index (χ4v) is 4.28. The van der Waals surface area contributed by atoms with Gasteiger partial charge in [0.2, 0.25) is 0 Å². The molecule has 0 bridgehead atoms. The van der Waals surface area contributed by atoms with Gasteiger partial charge < -0.3 is 9.47 Å². The van der Waals surface area contributed by atoms with Crippen LogP contribution in [0.4, 0.5) is 18.9 Å². The van der Waals surface area contributed by atoms with E-state index in [2.05, 4.69) is 15.0 Å². The molecular weight excluding hydrogens is 425 g/mol. The van der Waals surface area contributed by atoms with Crippen molar-refractivity contribution < 1.29 is 22.8 Å². The van der Waals surface area contributed by atoms with Crippen LogP contribution in [0.5, 0.6) is 0 Å². The van der Waals surface area contributed by atoms with E-state index in [4.69, 9.17) is 4.84 Å². The molecule has 1 amide bonds. The predicted molar refractivity (Wildman–Crippen MR) is 111 cm³/mol. The largest absolute Gasteiger partial charge is 0.391 e. The normalized spacial score (nSPS) is 23.5. The fraction of sp³-hybridized carbons (Fsp3) is 0.524. The standard InChI is InChI=1S/C21H25F3N6O2/c1-4-30(15-6-5-11-25-12-15)19(31)16-13-26-17(28(16)2)18-27-20(32-29(18)3)9-7-14(8-10-20)21(22,23)24/h5-6,11-14H,4,7-10H2,1-3H3. The molecule has 2 aromatic heterocycles. The number of halogens is 3. The molecule has 0 aromatic carbocycles. The summed E-state index contributed by atoms with van der Waals surface area (Å²) >= 11 is 0. The number of hydroxylamine groups is 2. The van der Waals surface area contributed by atoms with Crippen LogP contribution < -0.4 is 4.90 Å². The molecule has 2 aromatic rings. The third-order valence-electron chi connectivity index (χ3n) is 6.07. The molecule has 1 fully saturated rings. The molecule has 2 aliphatic rings. The number of amidine groups is 1. The molecule has 8 nitrogen and oxygen atoms in total. The minimum Gasteiger partial charge on any atom is -0.320 e. The molecule has 0 saturated heterocycles. The zero-order valence-electron chi connectivity index (χ0n) is 18.1. The summed E-state index contributed by atoms with van der Waals surface area (Å²) < 4.78 is 40.8. The lowest BCUT2D eigenvalue weighted by Gasteiger charge is -2.34. The van der Waals surface area contributed by atoms with E-state index >= 15 is 0 Å². The van der Waals surface area contributed by atoms with E-state index in [0.29, 0.717) is 29.6 Å². The van der Waals surface area contributed by atoms with Crippen LogP contribution in [0.3, 0.4) is 0 Å². The van der Waals surface area contributed by atoms with Crippen LogP contribution in [0, 0.1) is 5.92 Å². The van der Waals surface area contributed by atoms with Crippen molar-refractivity contribution in [1.82, 2.24) is 19.6 Å². The summed E-state index contributed by atoms with van der Waals surface area (Å²) in [7, 11) is 3.35. The van der Waals surface area contributed by atoms with Crippen molar-refractivity contribution in [2.45, 2.75) is 44.5 Å². The number of hydrogen-bond acceptors (Lipinski definition) is 6. The van der Waals surface area contributed by atoms with Crippen molar-refractivity contribution in [1.29, 1.82) is 0 Å². The Kier molecular flexibility index (Phi) is 5.70. The van der Waals surface area contributed by atoms with Crippen LogP contribution in [0.1, 0.15) is 48.9 Å². The van der Waals surface area contributed by atoms with Gasteiger partial charge in [-0.15, -0.1) is 0 Å². The highest BCUT2D eigenvalue weighted by Gasteiger charge is 2.50. The number of carbonyl (C=O) groups is 1. The summed E-state index contributed by atoms with van der Waals surface area (Å²) in [5, 5.41) is 1.43. The van der Waals surface area contributed by atoms with E-state index < -0.39 is 17.8 Å². The van der Waals surface area contributed by atoms with Gasteiger partial charge in [-0.05, 0) is 31.9 Å². The van der Waals surface area contributed by atoms with Gasteiger partial charge in [-0.25, -0.2) is 19.9 Å². The van der Waals surface area contributed by atoms with Crippen molar-refractivity contribution in [3.63, 3.8) is 0 Å². The topological polar surface area (TPSA) is 75.9 Å². The molecule has 1 saturated carbocycles. The molecule has 0 atom stereocenters. The Morgan fingerprint density at radius 3 is 2.59 bits per heavy atom. The van der Waals surface area contributed by atoms with Crippen molar-refractivity contribution in [2.24, 2.45) is 18.0 Å². The summed E-state index contributed by atoms with van der Waals surface area (Å²) in [6.07, 6.45) is 0.797. The summed E-state index contributed by atoms with van der Waals surface area (Å²) in [5.74, 6) is -0.773. The molecule has 0 radical (unpaired) electrons. The summed E-state index contributed by atoms with van der Waals surface area (Å²) in [6.45, 7) is 2.31. The van der Waals surface area contributed by atoms with Crippen molar-refractivity contribution in [3.05, 3.63) is 42.2 Å². The number of imidazole rings is 1. The molecule has 4 rings (SSSR count). The number of rotatable bonds is 4. The summed E-state index contributed by atoms with van der Waals surface area (Å²) in [4.78, 5) is 33.7. The maximum absolute atomic E-state index is 13.2. The van der Waals surface area contributed by atoms with Gasteiger partial charge in [0.05, 0.1) is 24.0 Å². The maximum Gasteiger partial charge on any atom is 0.391 e. The summed E-state index contributed by atoms with van der Waals surface area (Å²) in [5.41, 5.74) is -0.00190. The lowest BCUT2D eigenvalue weighted by Crippen LogP contribution is -2.39. The van der Waals surface area contributed by atoms with Gasteiger partial charge in [-0.3, -0.25) is 9.78 Å². The molecule has 3 heterocycles. The SMILES string of the molecule is CCN(C(=O)c1cnc(C2=NC3(CCC(C(F)(F)F)CC3)ON2C)n1C)c1cccnc1. The maximum atomic E-state index is 13.2. The predicted octanol–water partition coefficient (Wildman–Crippen LogP) is 3.55. The molecule has 1 aliphatic heterocycles. The number of aromatic nitrogens is 3. The minimum absolute atomic E-state index is 0.0327. The molecule has 32 heavy (non-hydrogen) atoms. The highest BCUT2D eigenvalue weighted by atomic mass is 19.4. The second kappa shape index (κ2) is 8.19. The fourth-order valence-electron chi connectivity index (χ4n) is 4.28. The van der Waals surface area contributed by atoms with Gasteiger partial charge in [-0.1, -0.05) is 0 Å². The molecule has 11 heteroatoms. The Bertz CT molecular complexity index is 1010. The number of anilines is 1. The number of hydrogen-bond donors (Lipinski definition) is 0. The Morgan fingerprint density at radius 1 is 1.28 bits per heavy atom. The van der Waals surface area contributed by atoms with Crippen LogP contribution in [-0.2, 0) is 11.9 Å². The second-order valence-electron chi connectivity index (χ2n) is 8.07. The van der Waals surface area contributed by atoms with E-state index in [0.717, 1.165) is 0 Å². The number of aliphatic imine (C=N–C) groups is 1. The zero-order valence-corrected chi connectivity index (χ0v) is 18.1. The van der Waals surface area contributed by atoms with Crippen LogP contribution in [0.15, 0.2) is 35.7 Å². The first kappa shape index (κ1) is 22.3. The molecule has 1 spiro atoms. The smallest absolute Gasteiger partial charge is 0.320 e. The Hall–Kier alpha value is -2.95. The minimum atomic E-state index is -4.20. The third-order valence-corrected chi connectivity index (χ3v) is 6.07. The van der Waals surface area contributed by atoms with Crippen LogP contribution in [0.2, 0.25) is 0 Å². The number of carbonyl (C=O) groups excluding carboxylic acids is 1. The van der Waals surface area contributed by atoms with Crippen molar-refractivity contribution >= 4 is 17.4 Å². The molecule has 172 valence electrons. The van der Waals surface area contributed by atoms with E-state index in [1.165, 1.54) is 11.3 Å². The molecule has 0 unspecified atom stereocenters. The summed E-state index contributed by atoms with van der Waals surface area (Å²) in [6, 6.07) is 3.56. The molecule has 1 aliphatic carbocycles. The van der Waals surface area contributed by atoms with Gasteiger partial charge >= 0.3 is 6.18 Å². The van der Waals surface area contributed by atoms with E-state index in [9.17, 15) is 18.0 Å². The third kappa shape index (κ3) is 3.96. The average Bonchev–Trinajstić information content (AvgIpc) is 3.28. The number of pyridine rings is 1. The second-order valence-corrected chi connectivity index (χ2v) is 8.07. The number of amides is 1. The quantitative estimate of drug-likeness (QED) is 0.712. The average molecular weight is 450 g/mol. The zero-order chi connectivity index (χ0) is 23.1. The van der Waals surface area contributed by atoms with Crippen LogP contribution in [0.25, 0.3) is 0 Å². The molecule has 0 N–H and O–H groups in total. The monoisotopic (exact) mass is 450 g/mol. The Labute approximate surface area is 183 Å². The number of alkyl halides is 3. The van der Waals surface area contributed by atoms with Gasteiger partial charge in [-0.2, -0.15) is 13.2 Å². The first-order valence-corrected chi connectivity index (χ1v) is 10.5. The van der Waals surface area contributed by atoms with Gasteiger partial charge in [0.1, 0.15) is 5.69 Å². The first-order valence-electron chi connectivity index (χ1n) is 10.5. The van der Waals surface area contributed by atoms with E-state index in [-0.39, 0.29) is 31.6 Å². The van der Waals surface area contributed by atoms with Gasteiger partial charge in [0, 0.05) is 39.7 Å². The molecular formula is C21H25F3N6O2.